The van der Waals surface area contributed by atoms with Gasteiger partial charge in [0, 0.05) is 18.5 Å². The second-order valence-electron chi connectivity index (χ2n) is 2.70. The normalized spacial score (nSPS) is 10.7. The second kappa shape index (κ2) is 8.58. The minimum atomic E-state index is -0.102. The summed E-state index contributed by atoms with van der Waals surface area (Å²) < 4.78 is 0. The summed E-state index contributed by atoms with van der Waals surface area (Å²) in [6.45, 7) is 7.10. The molecule has 0 saturated heterocycles. The van der Waals surface area contributed by atoms with Crippen LogP contribution in [0.1, 0.15) is 12.8 Å². The Morgan fingerprint density at radius 2 is 2.13 bits per heavy atom. The molecule has 0 aliphatic rings. The summed E-state index contributed by atoms with van der Waals surface area (Å²) in [7, 11) is 0. The molecule has 78 valence electrons. The molecule has 1 N–H and O–H groups in total. The summed E-state index contributed by atoms with van der Waals surface area (Å²) in [5, 5.41) is 2.71. The summed E-state index contributed by atoms with van der Waals surface area (Å²) in [6, 6.07) is 0. The molecule has 0 saturated carbocycles. The molecule has 15 heavy (non-hydrogen) atoms. The molecule has 0 aliphatic heterocycles. The van der Waals surface area contributed by atoms with Crippen molar-refractivity contribution in [1.29, 1.82) is 0 Å². The quantitative estimate of drug-likeness (QED) is 0.518. The van der Waals surface area contributed by atoms with Gasteiger partial charge in [-0.15, -0.1) is 12.3 Å². The van der Waals surface area contributed by atoms with E-state index in [0.717, 1.165) is 0 Å². The number of hydrogen-bond donors (Lipinski definition) is 1. The third-order valence-corrected chi connectivity index (χ3v) is 1.49. The molecule has 0 aliphatic carbocycles. The van der Waals surface area contributed by atoms with Crippen LogP contribution < -0.4 is 5.32 Å². The number of allylic oxidation sites excluding steroid dienone is 5. The van der Waals surface area contributed by atoms with E-state index in [9.17, 15) is 4.79 Å². The van der Waals surface area contributed by atoms with Crippen LogP contribution in [0.2, 0.25) is 0 Å². The maximum absolute atomic E-state index is 11.3. The van der Waals surface area contributed by atoms with E-state index in [1.54, 1.807) is 30.4 Å². The Hall–Kier alpha value is -2.01. The Bertz CT molecular complexity index is 329. The van der Waals surface area contributed by atoms with Crippen molar-refractivity contribution in [3.63, 3.8) is 0 Å². The van der Waals surface area contributed by atoms with Gasteiger partial charge in [0.2, 0.25) is 5.91 Å². The Morgan fingerprint density at radius 3 is 2.67 bits per heavy atom. The van der Waals surface area contributed by atoms with E-state index < -0.39 is 0 Å². The van der Waals surface area contributed by atoms with Crippen molar-refractivity contribution in [2.45, 2.75) is 12.8 Å². The minimum Gasteiger partial charge on any atom is -0.326 e. The average molecular weight is 201 g/mol. The van der Waals surface area contributed by atoms with Crippen LogP contribution in [0.3, 0.4) is 0 Å². The maximum Gasteiger partial charge on any atom is 0.225 e. The summed E-state index contributed by atoms with van der Waals surface area (Å²) in [6.07, 6.45) is 14.2. The lowest BCUT2D eigenvalue weighted by Crippen LogP contribution is -2.21. The highest BCUT2D eigenvalue weighted by atomic mass is 16.1. The number of amides is 1. The predicted octanol–water partition coefficient (Wildman–Crippen LogP) is 2.33. The van der Waals surface area contributed by atoms with Gasteiger partial charge in [-0.2, -0.15) is 0 Å². The van der Waals surface area contributed by atoms with Crippen LogP contribution in [-0.4, -0.2) is 5.91 Å². The van der Waals surface area contributed by atoms with Crippen molar-refractivity contribution in [3.05, 3.63) is 49.2 Å². The SMILES string of the molecule is C#CCCC(=O)NC(/C=C\C=C)=C/C=C. The molecule has 0 fully saturated rings. The zero-order chi connectivity index (χ0) is 11.5. The number of terminal acetylenes is 1. The molecule has 0 atom stereocenters. The van der Waals surface area contributed by atoms with Gasteiger partial charge in [-0.05, 0) is 12.2 Å². The van der Waals surface area contributed by atoms with Crippen molar-refractivity contribution in [2.75, 3.05) is 0 Å². The van der Waals surface area contributed by atoms with Crippen LogP contribution in [-0.2, 0) is 4.79 Å². The lowest BCUT2D eigenvalue weighted by Gasteiger charge is -2.03. The molecule has 0 rings (SSSR count). The van der Waals surface area contributed by atoms with Crippen molar-refractivity contribution >= 4 is 5.91 Å². The van der Waals surface area contributed by atoms with Crippen LogP contribution in [0.4, 0.5) is 0 Å². The number of carbonyl (C=O) groups excluding carboxylic acids is 1. The fourth-order valence-corrected chi connectivity index (χ4v) is 0.847. The van der Waals surface area contributed by atoms with Crippen molar-refractivity contribution in [2.24, 2.45) is 0 Å². The smallest absolute Gasteiger partial charge is 0.225 e. The molecule has 0 heterocycles. The topological polar surface area (TPSA) is 29.1 Å². The van der Waals surface area contributed by atoms with Crippen molar-refractivity contribution < 1.29 is 4.79 Å². The van der Waals surface area contributed by atoms with E-state index in [1.165, 1.54) is 0 Å². The lowest BCUT2D eigenvalue weighted by molar-refractivity contribution is -0.120. The van der Waals surface area contributed by atoms with E-state index in [-0.39, 0.29) is 5.91 Å². The molecule has 2 nitrogen and oxygen atoms in total. The number of rotatable bonds is 6. The van der Waals surface area contributed by atoms with Gasteiger partial charge in [0.1, 0.15) is 0 Å². The summed E-state index contributed by atoms with van der Waals surface area (Å²) >= 11 is 0. The first-order valence-corrected chi connectivity index (χ1v) is 4.59. The van der Waals surface area contributed by atoms with E-state index >= 15 is 0 Å². The summed E-state index contributed by atoms with van der Waals surface area (Å²) in [5.41, 5.74) is 0.673. The van der Waals surface area contributed by atoms with Crippen LogP contribution in [0.5, 0.6) is 0 Å². The molecular weight excluding hydrogens is 186 g/mol. The van der Waals surface area contributed by atoms with Crippen LogP contribution in [0, 0.1) is 12.3 Å². The molecule has 0 unspecified atom stereocenters. The van der Waals surface area contributed by atoms with Gasteiger partial charge >= 0.3 is 0 Å². The highest BCUT2D eigenvalue weighted by molar-refractivity contribution is 5.78. The lowest BCUT2D eigenvalue weighted by atomic mass is 10.2. The van der Waals surface area contributed by atoms with Gasteiger partial charge in [0.05, 0.1) is 0 Å². The molecule has 0 aromatic carbocycles. The van der Waals surface area contributed by atoms with E-state index in [0.29, 0.717) is 18.5 Å². The van der Waals surface area contributed by atoms with Gasteiger partial charge in [-0.1, -0.05) is 31.4 Å². The molecule has 2 heteroatoms. The van der Waals surface area contributed by atoms with Crippen LogP contribution in [0.15, 0.2) is 49.2 Å². The fourth-order valence-electron chi connectivity index (χ4n) is 0.847. The predicted molar refractivity (Wildman–Crippen MR) is 63.8 cm³/mol. The molecular formula is C13H15NO. The van der Waals surface area contributed by atoms with E-state index in [4.69, 9.17) is 6.42 Å². The molecule has 0 spiro atoms. The Kier molecular flexibility index (Phi) is 7.43. The third-order valence-electron chi connectivity index (χ3n) is 1.49. The Labute approximate surface area is 91.1 Å². The van der Waals surface area contributed by atoms with Crippen LogP contribution >= 0.6 is 0 Å². The largest absolute Gasteiger partial charge is 0.326 e. The molecule has 0 radical (unpaired) electrons. The summed E-state index contributed by atoms with van der Waals surface area (Å²) in [4.78, 5) is 11.3. The Balaban J connectivity index is 4.30. The van der Waals surface area contributed by atoms with Gasteiger partial charge < -0.3 is 5.32 Å². The van der Waals surface area contributed by atoms with Gasteiger partial charge in [-0.25, -0.2) is 0 Å². The van der Waals surface area contributed by atoms with Crippen molar-refractivity contribution in [1.82, 2.24) is 5.32 Å². The van der Waals surface area contributed by atoms with E-state index in [1.807, 2.05) is 0 Å². The highest BCUT2D eigenvalue weighted by Gasteiger charge is 1.99. The van der Waals surface area contributed by atoms with E-state index in [2.05, 4.69) is 24.4 Å². The van der Waals surface area contributed by atoms with Gasteiger partial charge in [0.25, 0.3) is 0 Å². The van der Waals surface area contributed by atoms with Crippen LogP contribution in [0.25, 0.3) is 0 Å². The second-order valence-corrected chi connectivity index (χ2v) is 2.70. The van der Waals surface area contributed by atoms with Crippen molar-refractivity contribution in [3.8, 4) is 12.3 Å². The fraction of sp³-hybridized carbons (Fsp3) is 0.154. The number of carbonyl (C=O) groups is 1. The zero-order valence-electron chi connectivity index (χ0n) is 8.70. The first-order chi connectivity index (χ1) is 7.24. The number of nitrogens with one attached hydrogen (secondary N) is 1. The average Bonchev–Trinajstić information content (AvgIpc) is 2.23. The number of hydrogen-bond acceptors (Lipinski definition) is 1. The summed E-state index contributed by atoms with van der Waals surface area (Å²) in [5.74, 6) is 2.31. The van der Waals surface area contributed by atoms with Gasteiger partial charge in [0.15, 0.2) is 0 Å². The Morgan fingerprint density at radius 1 is 1.40 bits per heavy atom. The molecule has 0 bridgehead atoms. The third kappa shape index (κ3) is 7.09. The minimum absolute atomic E-state index is 0.102. The first-order valence-electron chi connectivity index (χ1n) is 4.59. The zero-order valence-corrected chi connectivity index (χ0v) is 8.70. The highest BCUT2D eigenvalue weighted by Crippen LogP contribution is 1.96. The first kappa shape index (κ1) is 13.0. The standard InChI is InChI=1S/C13H15NO/c1-4-7-10-12(9-6-3)14-13(15)11-8-5-2/h2,4,6-7,9-10H,1,3,8,11H2,(H,14,15)/b10-7-,12-9+. The van der Waals surface area contributed by atoms with Gasteiger partial charge in [-0.3, -0.25) is 4.79 Å². The monoisotopic (exact) mass is 201 g/mol. The maximum atomic E-state index is 11.3. The molecule has 1 amide bonds. The molecule has 0 aromatic rings. The molecule has 0 aromatic heterocycles.